The van der Waals surface area contributed by atoms with Crippen LogP contribution in [0.4, 0.5) is 105 Å². The van der Waals surface area contributed by atoms with Crippen molar-refractivity contribution in [2.45, 2.75) is 83.9 Å². The van der Waals surface area contributed by atoms with Crippen LogP contribution in [0.3, 0.4) is 0 Å². The molecule has 0 spiro atoms. The normalized spacial score (nSPS) is 15.4. The van der Waals surface area contributed by atoms with Crippen molar-refractivity contribution >= 4 is 120 Å². The molecule has 12 aromatic rings. The maximum Gasteiger partial charge on any atom is 0.573 e. The summed E-state index contributed by atoms with van der Waals surface area (Å²) < 4.78 is 137. The number of anilines is 12. The molecule has 3 amide bonds. The van der Waals surface area contributed by atoms with Crippen LogP contribution in [0.2, 0.25) is 0 Å². The van der Waals surface area contributed by atoms with E-state index in [0.717, 1.165) is 36.9 Å². The topological polar surface area (TPSA) is 323 Å². The van der Waals surface area contributed by atoms with Crippen molar-refractivity contribution < 1.29 is 77.4 Å². The first kappa shape index (κ1) is 75.2. The number of nitrogens with zero attached hydrogens (tertiary/aromatic N) is 16. The van der Waals surface area contributed by atoms with Crippen molar-refractivity contribution in [3.05, 3.63) is 185 Å². The number of aromatic nitrogens is 13. The van der Waals surface area contributed by atoms with Crippen molar-refractivity contribution in [2.75, 3.05) is 106 Å². The third-order valence-electron chi connectivity index (χ3n) is 19.0. The zero-order valence-electron chi connectivity index (χ0n) is 61.0. The first-order chi connectivity index (χ1) is 54.2. The molecule has 3 saturated heterocycles. The molecule has 580 valence electrons. The summed E-state index contributed by atoms with van der Waals surface area (Å²) in [4.78, 5) is 95.8. The van der Waals surface area contributed by atoms with Gasteiger partial charge in [-0.25, -0.2) is 57.8 Å². The Labute approximate surface area is 637 Å². The molecule has 0 aliphatic carbocycles. The van der Waals surface area contributed by atoms with Crippen LogP contribution < -0.4 is 65.2 Å². The van der Waals surface area contributed by atoms with Gasteiger partial charge in [-0.2, -0.15) is 13.2 Å². The number of alkyl halides is 8. The molecular formula is C76H70F8N22O7+2. The van der Waals surface area contributed by atoms with Gasteiger partial charge in [0.2, 0.25) is 17.8 Å². The number of methoxy groups -OCH3 is 1. The van der Waals surface area contributed by atoms with Crippen molar-refractivity contribution in [3.8, 4) is 11.5 Å². The highest BCUT2D eigenvalue weighted by Gasteiger charge is 2.36. The molecular weight excluding hydrogens is 1480 g/mol. The van der Waals surface area contributed by atoms with E-state index >= 15 is 4.39 Å². The molecule has 37 heteroatoms. The summed E-state index contributed by atoms with van der Waals surface area (Å²) in [6.45, 7) is 10.0. The second-order valence-corrected chi connectivity index (χ2v) is 28.0. The zero-order valence-corrected chi connectivity index (χ0v) is 61.0. The van der Waals surface area contributed by atoms with Gasteiger partial charge >= 0.3 is 12.5 Å². The summed E-state index contributed by atoms with van der Waals surface area (Å²) in [5.41, 5.74) is 2.99. The average Bonchev–Trinajstić information content (AvgIpc) is 1.56. The first-order valence-electron chi connectivity index (χ1n) is 35.6. The quantitative estimate of drug-likeness (QED) is 0.0287. The molecule has 2 unspecified atom stereocenters. The number of morpholine rings is 1. The highest BCUT2D eigenvalue weighted by atomic mass is 19.4. The first-order valence-corrected chi connectivity index (χ1v) is 35.6. The van der Waals surface area contributed by atoms with Gasteiger partial charge in [-0.15, -0.1) is 13.2 Å². The molecule has 15 rings (SSSR count). The smallest absolute Gasteiger partial charge is 0.496 e. The largest absolute Gasteiger partial charge is 0.573 e. The summed E-state index contributed by atoms with van der Waals surface area (Å²) in [6, 6.07) is 23.8. The maximum absolute atomic E-state index is 15.2. The van der Waals surface area contributed by atoms with Gasteiger partial charge in [-0.3, -0.25) is 14.4 Å². The summed E-state index contributed by atoms with van der Waals surface area (Å²) in [7, 11) is 1.09. The van der Waals surface area contributed by atoms with Gasteiger partial charge in [0, 0.05) is 100.0 Å². The van der Waals surface area contributed by atoms with E-state index in [1.54, 1.807) is 67.7 Å². The van der Waals surface area contributed by atoms with Crippen LogP contribution >= 0.6 is 0 Å². The Morgan fingerprint density at radius 3 is 1.65 bits per heavy atom. The Morgan fingerprint density at radius 2 is 1.10 bits per heavy atom. The van der Waals surface area contributed by atoms with E-state index < -0.39 is 59.7 Å². The van der Waals surface area contributed by atoms with Gasteiger partial charge in [-0.05, 0) is 102 Å². The monoisotopic (exact) mass is 1550 g/mol. The van der Waals surface area contributed by atoms with Crippen LogP contribution in [0.5, 0.6) is 11.5 Å². The van der Waals surface area contributed by atoms with Gasteiger partial charge in [0.15, 0.2) is 33.7 Å². The maximum atomic E-state index is 15.2. The number of ether oxygens (including phenoxy) is 3. The summed E-state index contributed by atoms with van der Waals surface area (Å²) >= 11 is 0. The number of carbonyl (C=O) groups excluding carboxylic acids is 3. The van der Waals surface area contributed by atoms with Crippen molar-refractivity contribution in [2.24, 2.45) is 0 Å². The average molecular weight is 1560 g/mol. The molecule has 0 saturated carbocycles. The third kappa shape index (κ3) is 16.9. The second-order valence-electron chi connectivity index (χ2n) is 28.0. The predicted molar refractivity (Wildman–Crippen MR) is 399 cm³/mol. The number of hydrogen-bond acceptors (Lipinski definition) is 24. The van der Waals surface area contributed by atoms with Crippen LogP contribution in [0.25, 0.3) is 33.1 Å². The van der Waals surface area contributed by atoms with Crippen molar-refractivity contribution in [1.29, 1.82) is 0 Å². The molecule has 3 aliphatic rings. The van der Waals surface area contributed by atoms with Crippen LogP contribution in [-0.2, 0) is 29.4 Å². The second kappa shape index (κ2) is 30.9. The van der Waals surface area contributed by atoms with E-state index in [2.05, 4.69) is 56.7 Å². The van der Waals surface area contributed by atoms with Crippen LogP contribution in [0.1, 0.15) is 92.7 Å². The Balaban J connectivity index is 0.821. The lowest BCUT2D eigenvalue weighted by Gasteiger charge is -2.26. The van der Waals surface area contributed by atoms with E-state index in [9.17, 15) is 45.1 Å². The number of hydrogen-bond donors (Lipinski definition) is 6. The number of nitrogens with one attached hydrogen (secondary N) is 6. The fourth-order valence-corrected chi connectivity index (χ4v) is 13.0. The van der Waals surface area contributed by atoms with E-state index in [0.29, 0.717) is 83.4 Å². The Hall–Kier alpha value is -13.2. The molecule has 0 radical (unpaired) electrons. The highest BCUT2D eigenvalue weighted by molar-refractivity contribution is 6.07. The predicted octanol–water partition coefficient (Wildman–Crippen LogP) is 12.2. The van der Waals surface area contributed by atoms with E-state index in [1.807, 2.05) is 32.6 Å². The molecule has 10 heterocycles. The molecule has 29 nitrogen and oxygen atoms in total. The fraction of sp³-hybridized carbons (Fsp3) is 0.289. The fourth-order valence-electron chi connectivity index (χ4n) is 13.0. The lowest BCUT2D eigenvalue weighted by molar-refractivity contribution is -0.665. The number of carbonyl (C=O) groups is 3. The molecule has 5 aromatic carbocycles. The minimum Gasteiger partial charge on any atom is -0.496 e. The third-order valence-corrected chi connectivity index (χ3v) is 19.0. The Morgan fingerprint density at radius 1 is 0.566 bits per heavy atom. The molecule has 7 aromatic heterocycles. The highest BCUT2D eigenvalue weighted by Crippen LogP contribution is 2.39. The van der Waals surface area contributed by atoms with Gasteiger partial charge in [0.05, 0.1) is 57.6 Å². The van der Waals surface area contributed by atoms with Crippen molar-refractivity contribution in [1.82, 2.24) is 55.0 Å². The molecule has 3 aliphatic heterocycles. The molecule has 3 fully saturated rings. The number of fused-ring (bicyclic) bond motifs is 3. The Bertz CT molecular complexity index is 5670. The number of rotatable bonds is 21. The lowest BCUT2D eigenvalue weighted by Crippen LogP contribution is -2.37. The summed E-state index contributed by atoms with van der Waals surface area (Å²) in [5, 5.41) is 22.2. The van der Waals surface area contributed by atoms with Gasteiger partial charge in [0.1, 0.15) is 60.1 Å². The Kier molecular flexibility index (Phi) is 20.6. The summed E-state index contributed by atoms with van der Waals surface area (Å²) in [5.74, 6) is -1.04. The molecule has 6 N–H and O–H groups in total. The van der Waals surface area contributed by atoms with E-state index in [-0.39, 0.29) is 137 Å². The minimum absolute atomic E-state index is 0.00821. The number of aryl methyl sites for hydroxylation is 1. The van der Waals surface area contributed by atoms with Crippen LogP contribution in [-0.4, -0.2) is 151 Å². The molecule has 0 bridgehead atoms. The van der Waals surface area contributed by atoms with Crippen molar-refractivity contribution in [3.63, 3.8) is 0 Å². The van der Waals surface area contributed by atoms with E-state index in [1.165, 1.54) is 67.6 Å². The van der Waals surface area contributed by atoms with E-state index in [4.69, 9.17) is 48.9 Å². The van der Waals surface area contributed by atoms with Gasteiger partial charge < -0.3 is 65.3 Å². The van der Waals surface area contributed by atoms with Gasteiger partial charge in [-0.1, -0.05) is 50.2 Å². The standard InChI is InChI=1S/C76H68F8N22O7/c1-41-9-10-42(70(109)97-61-30-60(113-101-61)74(2,3)4)25-53(41)94-66-63-57(32-86-72(99-63)103-19-17-47(77)36-103)105(39-90-66)35-46-14-12-44(69(108)93-50-15-16-59(110-5)52(29-50)75(79,80)81)27-55(46)96-67-64-58(33-87-73(100-64)104-20-18-48(78)37-104)106(40-91-67)34-45-13-11-43(68(107)92-49-7-6-8-51(28-49)112-76(82,83)84)26-54(45)95-65-62-56(88-38-89-65)31-85-71(98-62)102-21-23-111-24-22-102/h6-16,25-33,38-40,47-48H,17-24,34-37H2,1-5H3,(H4,88,89,92,93,95,97,101,107,108,109)/p+2. The number of amides is 3. The van der Waals surface area contributed by atoms with Gasteiger partial charge in [0.25, 0.3) is 42.0 Å². The number of benzene rings is 5. The lowest BCUT2D eigenvalue weighted by atomic mass is 9.93. The molecule has 113 heavy (non-hydrogen) atoms. The molecule has 2 atom stereocenters. The SMILES string of the molecule is COc1ccc(NC(=O)c2ccc(C[n+]3cnc(Nc4cc(C(=O)Nc5cc(C(C)(C)C)on5)ccc4C)c4nc(N5CCC(F)C5)ncc43)c(Nc3nc[n+](Cc4ccc(C(=O)Nc5cccc(OC(F)(F)F)c5)cc4Nc4ncnc5cnc(N6CCOCC6)nc45)c4cnc(N5CCC(F)C5)nc34)c2)cc1C(F)(F)F. The van der Waals surface area contributed by atoms with Crippen LogP contribution in [0, 0.1) is 6.92 Å². The summed E-state index contributed by atoms with van der Waals surface area (Å²) in [6.07, 6.45) is -2.83. The zero-order chi connectivity index (χ0) is 79.0. The van der Waals surface area contributed by atoms with Crippen LogP contribution in [0.15, 0.2) is 145 Å². The minimum atomic E-state index is -5.01. The number of halogens is 8.